The second kappa shape index (κ2) is 20.5. The molecule has 0 bridgehead atoms. The number of pyridine rings is 1. The van der Waals surface area contributed by atoms with Crippen LogP contribution in [0, 0.1) is 13.8 Å². The van der Waals surface area contributed by atoms with Gasteiger partial charge in [-0.25, -0.2) is 4.98 Å². The van der Waals surface area contributed by atoms with Crippen molar-refractivity contribution in [3.05, 3.63) is 264 Å². The van der Waals surface area contributed by atoms with Crippen molar-refractivity contribution in [3.8, 4) is 56.0 Å². The largest absolute Gasteiger partial charge is 0.457 e. The van der Waals surface area contributed by atoms with Crippen LogP contribution >= 0.6 is 0 Å². The van der Waals surface area contributed by atoms with E-state index in [-0.39, 0.29) is 46.0 Å². The van der Waals surface area contributed by atoms with Crippen LogP contribution in [0.2, 0.25) is 0 Å². The molecule has 0 unspecified atom stereocenters. The molecule has 0 saturated heterocycles. The van der Waals surface area contributed by atoms with Crippen molar-refractivity contribution < 1.29 is 11.6 Å². The molecule has 86 heavy (non-hydrogen) atoms. The van der Waals surface area contributed by atoms with Crippen LogP contribution in [0.15, 0.2) is 237 Å². The molecular formula is C80H74N4OSi. The van der Waals surface area contributed by atoms with Crippen LogP contribution in [0.1, 0.15) is 97.0 Å². The second-order valence-electron chi connectivity index (χ2n) is 26.7. The summed E-state index contributed by atoms with van der Waals surface area (Å²) in [5.41, 5.74) is 18.5. The third-order valence-electron chi connectivity index (χ3n) is 17.8. The molecule has 4 heterocycles. The van der Waals surface area contributed by atoms with Gasteiger partial charge in [-0.15, -0.1) is 0 Å². The van der Waals surface area contributed by atoms with Gasteiger partial charge in [0.1, 0.15) is 24.0 Å². The minimum Gasteiger partial charge on any atom is -0.457 e. The lowest BCUT2D eigenvalue weighted by Gasteiger charge is -2.43. The van der Waals surface area contributed by atoms with Crippen LogP contribution in [-0.4, -0.2) is 19.7 Å². The Morgan fingerprint density at radius 2 is 1.01 bits per heavy atom. The first-order valence-electron chi connectivity index (χ1n) is 32.5. The van der Waals surface area contributed by atoms with Crippen molar-refractivity contribution in [2.24, 2.45) is 0 Å². The van der Waals surface area contributed by atoms with Crippen LogP contribution in [0.4, 0.5) is 39.9 Å². The number of rotatable bonds is 8. The highest BCUT2D eigenvalue weighted by molar-refractivity contribution is 7.23. The Balaban J connectivity index is 0.908. The Kier molecular flexibility index (Phi) is 11.7. The average molecular weight is 1140 g/mol. The zero-order chi connectivity index (χ0) is 63.8. The Morgan fingerprint density at radius 3 is 1.69 bits per heavy atom. The van der Waals surface area contributed by atoms with Gasteiger partial charge in [0.05, 0.1) is 29.6 Å². The first-order valence-corrected chi connectivity index (χ1v) is 32.0. The van der Waals surface area contributed by atoms with Crippen molar-refractivity contribution >= 4 is 68.8 Å². The van der Waals surface area contributed by atoms with Crippen molar-refractivity contribution in [1.29, 1.82) is 0 Å². The number of hydrogen-bond acceptors (Lipinski definition) is 5. The van der Waals surface area contributed by atoms with Gasteiger partial charge in [-0.3, -0.25) is 4.90 Å². The smallest absolute Gasteiger partial charge is 0.185 e. The molecule has 10 aromatic carbocycles. The Bertz CT molecular complexity index is 4710. The van der Waals surface area contributed by atoms with Crippen molar-refractivity contribution in [3.63, 3.8) is 0 Å². The minimum atomic E-state index is -2.99. The SMILES string of the molecule is [2H]c1c([2H])c([2H])c(-c2cccc(-c3cc(-c4ccc(C(C)(C)C)cc4)cc(C(C)(C)C)c3)c2N2CN(c3cccc(Oc4ccc5c(c4)N(c4cc(C(C)(C)C)ccn4)c4ccccc4[Si]54c5cc(C)ccc5-c5ccc(C)cc54)c3)c3ccccc32)c([2H])c1[2H]. The quantitative estimate of drug-likeness (QED) is 0.142. The lowest BCUT2D eigenvalue weighted by molar-refractivity contribution is 0.483. The van der Waals surface area contributed by atoms with E-state index in [0.717, 1.165) is 67.8 Å². The summed E-state index contributed by atoms with van der Waals surface area (Å²) in [6.45, 7) is 24.9. The number of ether oxygens (including phenoxy) is 1. The maximum atomic E-state index is 9.44. The molecule has 0 N–H and O–H groups in total. The van der Waals surface area contributed by atoms with Gasteiger partial charge in [0, 0.05) is 40.8 Å². The molecule has 6 heteroatoms. The number of para-hydroxylation sites is 4. The molecule has 3 aliphatic rings. The molecular weight excluding hydrogens is 1060 g/mol. The van der Waals surface area contributed by atoms with Gasteiger partial charge in [0.2, 0.25) is 0 Å². The molecule has 424 valence electrons. The molecule has 14 rings (SSSR count). The number of hydrogen-bond donors (Lipinski definition) is 0. The van der Waals surface area contributed by atoms with Crippen LogP contribution < -0.4 is 40.2 Å². The van der Waals surface area contributed by atoms with E-state index in [1.54, 1.807) is 0 Å². The zero-order valence-electron chi connectivity index (χ0n) is 56.0. The molecule has 0 aliphatic carbocycles. The van der Waals surface area contributed by atoms with Crippen LogP contribution in [0.3, 0.4) is 0 Å². The zero-order valence-corrected chi connectivity index (χ0v) is 52.0. The third kappa shape index (κ3) is 9.25. The van der Waals surface area contributed by atoms with E-state index in [1.165, 1.54) is 54.1 Å². The van der Waals surface area contributed by atoms with Gasteiger partial charge in [0.15, 0.2) is 8.07 Å². The fraction of sp³-hybridized carbons (Fsp3) is 0.188. The fourth-order valence-electron chi connectivity index (χ4n) is 13.4. The number of aryl methyl sites for hydroxylation is 2. The summed E-state index contributed by atoms with van der Waals surface area (Å²) in [4.78, 5) is 12.1. The van der Waals surface area contributed by atoms with Gasteiger partial charge < -0.3 is 14.5 Å². The molecule has 0 saturated carbocycles. The van der Waals surface area contributed by atoms with Gasteiger partial charge in [-0.1, -0.05) is 237 Å². The summed E-state index contributed by atoms with van der Waals surface area (Å²) in [6, 6.07) is 70.6. The van der Waals surface area contributed by atoms with Crippen molar-refractivity contribution in [2.45, 2.75) is 92.4 Å². The maximum Gasteiger partial charge on any atom is 0.185 e. The number of anilines is 7. The summed E-state index contributed by atoms with van der Waals surface area (Å²) in [7, 11) is -2.99. The number of nitrogens with zero attached hydrogens (tertiary/aromatic N) is 4. The lowest BCUT2D eigenvalue weighted by atomic mass is 9.82. The van der Waals surface area contributed by atoms with E-state index < -0.39 is 14.1 Å². The van der Waals surface area contributed by atoms with Crippen LogP contribution in [-0.2, 0) is 16.2 Å². The molecule has 1 aromatic heterocycles. The number of benzene rings is 10. The summed E-state index contributed by atoms with van der Waals surface area (Å²) < 4.78 is 52.6. The minimum absolute atomic E-state index is 0.0121. The predicted octanol–water partition coefficient (Wildman–Crippen LogP) is 18.8. The monoisotopic (exact) mass is 1140 g/mol. The number of aromatic nitrogens is 1. The predicted molar refractivity (Wildman–Crippen MR) is 366 cm³/mol. The highest BCUT2D eigenvalue weighted by Crippen LogP contribution is 2.52. The Labute approximate surface area is 516 Å². The molecule has 0 atom stereocenters. The summed E-state index contributed by atoms with van der Waals surface area (Å²) in [6.07, 6.45) is 1.94. The fourth-order valence-corrected chi connectivity index (χ4v) is 19.1. The molecule has 5 nitrogen and oxygen atoms in total. The second-order valence-corrected chi connectivity index (χ2v) is 30.4. The van der Waals surface area contributed by atoms with E-state index in [1.807, 2.05) is 42.6 Å². The van der Waals surface area contributed by atoms with Crippen molar-refractivity contribution in [1.82, 2.24) is 4.98 Å². The van der Waals surface area contributed by atoms with Gasteiger partial charge >= 0.3 is 0 Å². The molecule has 0 amide bonds. The van der Waals surface area contributed by atoms with Crippen LogP contribution in [0.25, 0.3) is 44.5 Å². The van der Waals surface area contributed by atoms with E-state index in [0.29, 0.717) is 23.7 Å². The maximum absolute atomic E-state index is 9.44. The summed E-state index contributed by atoms with van der Waals surface area (Å²) >= 11 is 0. The summed E-state index contributed by atoms with van der Waals surface area (Å²) in [5, 5.41) is 5.40. The standard InChI is InChI=1S/C80H74N4OSi/c1-52-31-38-66-67-39-32-53(2)44-75(67)86(74(66)43-52)72-30-18-17-29-70(72)84(76-48-59(41-42-81-76)79(6,7)8)71-50-63(37-40-73(71)86)85-62-24-19-23-61(49-62)82-51-83(69-28-16-15-27-68(69)82)77-64(55-21-13-12-14-22-55)25-20-26-65(77)57-45-56(46-60(47-57)80(9,10)11)54-33-35-58(36-34-54)78(3,4)5/h12-50H,51H2,1-11H3/i12D,13D,14D,21D,22D. The van der Waals surface area contributed by atoms with E-state index in [2.05, 4.69) is 255 Å². The topological polar surface area (TPSA) is 31.8 Å². The normalized spacial score (nSPS) is 14.8. The lowest BCUT2D eigenvalue weighted by Crippen LogP contribution is -2.75. The molecule has 0 radical (unpaired) electrons. The Morgan fingerprint density at radius 1 is 0.419 bits per heavy atom. The van der Waals surface area contributed by atoms with E-state index in [4.69, 9.17) is 13.8 Å². The van der Waals surface area contributed by atoms with Crippen LogP contribution in [0.5, 0.6) is 11.5 Å². The van der Waals surface area contributed by atoms with E-state index in [9.17, 15) is 2.74 Å². The highest BCUT2D eigenvalue weighted by atomic mass is 28.3. The van der Waals surface area contributed by atoms with E-state index >= 15 is 0 Å². The molecule has 11 aromatic rings. The molecule has 0 fully saturated rings. The number of fused-ring (bicyclic) bond motifs is 10. The van der Waals surface area contributed by atoms with Gasteiger partial charge in [-0.05, 0) is 156 Å². The van der Waals surface area contributed by atoms with Gasteiger partial charge in [-0.2, -0.15) is 0 Å². The van der Waals surface area contributed by atoms with Gasteiger partial charge in [0.25, 0.3) is 0 Å². The molecule has 3 aliphatic heterocycles. The first-order chi connectivity index (χ1) is 43.4. The highest BCUT2D eigenvalue weighted by Gasteiger charge is 2.54. The third-order valence-corrected chi connectivity index (χ3v) is 22.7. The Hall–Kier alpha value is -9.23. The summed E-state index contributed by atoms with van der Waals surface area (Å²) in [5.74, 6) is 2.19. The van der Waals surface area contributed by atoms with Crippen molar-refractivity contribution in [2.75, 3.05) is 21.4 Å². The molecule has 1 spiro atoms. The average Bonchev–Trinajstić information content (AvgIpc) is 1.57. The first kappa shape index (κ1) is 49.1.